The van der Waals surface area contributed by atoms with E-state index in [1.165, 1.54) is 0 Å². The van der Waals surface area contributed by atoms with Crippen molar-refractivity contribution in [2.24, 2.45) is 5.73 Å². The van der Waals surface area contributed by atoms with E-state index in [9.17, 15) is 0 Å². The Balaban J connectivity index is 2.00. The van der Waals surface area contributed by atoms with Gasteiger partial charge in [-0.1, -0.05) is 31.8 Å². The Kier molecular flexibility index (Phi) is 2.78. The van der Waals surface area contributed by atoms with Gasteiger partial charge in [0.1, 0.15) is 0 Å². The summed E-state index contributed by atoms with van der Waals surface area (Å²) in [5.74, 6) is 1.44. The third kappa shape index (κ3) is 2.20. The molecule has 4 heteroatoms. The summed E-state index contributed by atoms with van der Waals surface area (Å²) in [6, 6.07) is -0.0893. The van der Waals surface area contributed by atoms with Crippen molar-refractivity contribution in [3.05, 3.63) is 11.7 Å². The first kappa shape index (κ1) is 10.6. The summed E-state index contributed by atoms with van der Waals surface area (Å²) in [6.45, 7) is 4.32. The van der Waals surface area contributed by atoms with Crippen molar-refractivity contribution in [3.8, 4) is 0 Å². The average molecular weight is 209 g/mol. The maximum absolute atomic E-state index is 5.96. The van der Waals surface area contributed by atoms with Gasteiger partial charge in [0.25, 0.3) is 0 Å². The lowest BCUT2D eigenvalue weighted by Crippen LogP contribution is -2.11. The average Bonchev–Trinajstić information content (AvgIpc) is 2.82. The highest BCUT2D eigenvalue weighted by Crippen LogP contribution is 2.46. The summed E-state index contributed by atoms with van der Waals surface area (Å²) in [5, 5.41) is 4.01. The van der Waals surface area contributed by atoms with Crippen molar-refractivity contribution in [3.63, 3.8) is 0 Å². The first-order valence-corrected chi connectivity index (χ1v) is 5.75. The van der Waals surface area contributed by atoms with Gasteiger partial charge >= 0.3 is 0 Å². The van der Waals surface area contributed by atoms with Crippen LogP contribution in [-0.2, 0) is 5.41 Å². The highest BCUT2D eigenvalue weighted by atomic mass is 16.5. The molecule has 1 aromatic heterocycles. The summed E-state index contributed by atoms with van der Waals surface area (Å²) in [7, 11) is 0. The quantitative estimate of drug-likeness (QED) is 0.808. The van der Waals surface area contributed by atoms with Crippen LogP contribution in [0.15, 0.2) is 4.52 Å². The van der Waals surface area contributed by atoms with Gasteiger partial charge in [-0.3, -0.25) is 0 Å². The molecule has 1 atom stereocenters. The zero-order valence-electron chi connectivity index (χ0n) is 9.49. The van der Waals surface area contributed by atoms with E-state index in [0.29, 0.717) is 5.89 Å². The molecule has 2 N–H and O–H groups in total. The molecule has 4 nitrogen and oxygen atoms in total. The Morgan fingerprint density at radius 3 is 2.87 bits per heavy atom. The van der Waals surface area contributed by atoms with Crippen molar-refractivity contribution in [2.45, 2.75) is 57.4 Å². The molecule has 0 saturated heterocycles. The van der Waals surface area contributed by atoms with Crippen LogP contribution >= 0.6 is 0 Å². The number of nitrogens with two attached hydrogens (primary N) is 1. The third-order valence-corrected chi connectivity index (χ3v) is 3.17. The number of aromatic nitrogens is 2. The monoisotopic (exact) mass is 209 g/mol. The first-order valence-electron chi connectivity index (χ1n) is 5.75. The van der Waals surface area contributed by atoms with Gasteiger partial charge in [0.15, 0.2) is 5.82 Å². The molecule has 0 radical (unpaired) electrons. The molecule has 0 aromatic carbocycles. The van der Waals surface area contributed by atoms with Crippen molar-refractivity contribution in [1.82, 2.24) is 10.1 Å². The van der Waals surface area contributed by atoms with Crippen molar-refractivity contribution >= 4 is 0 Å². The van der Waals surface area contributed by atoms with Crippen molar-refractivity contribution in [1.29, 1.82) is 0 Å². The smallest absolute Gasteiger partial charge is 0.243 e. The fraction of sp³-hybridized carbons (Fsp3) is 0.818. The lowest BCUT2D eigenvalue weighted by Gasteiger charge is -2.04. The molecular formula is C11H19N3O. The lowest BCUT2D eigenvalue weighted by molar-refractivity contribution is 0.340. The molecule has 2 rings (SSSR count). The second-order valence-electron chi connectivity index (χ2n) is 4.77. The minimum atomic E-state index is -0.0893. The van der Waals surface area contributed by atoms with E-state index in [0.717, 1.165) is 37.9 Å². The number of unbranched alkanes of at least 4 members (excludes halogenated alkanes) is 1. The van der Waals surface area contributed by atoms with E-state index < -0.39 is 0 Å². The summed E-state index contributed by atoms with van der Waals surface area (Å²) in [5.41, 5.74) is 6.13. The molecule has 1 aromatic rings. The van der Waals surface area contributed by atoms with Crippen LogP contribution < -0.4 is 5.73 Å². The lowest BCUT2D eigenvalue weighted by atomic mass is 10.1. The number of rotatable bonds is 5. The van der Waals surface area contributed by atoms with Gasteiger partial charge in [-0.05, 0) is 19.3 Å². The van der Waals surface area contributed by atoms with E-state index in [2.05, 4.69) is 24.0 Å². The maximum Gasteiger partial charge on any atom is 0.243 e. The van der Waals surface area contributed by atoms with E-state index in [-0.39, 0.29) is 11.5 Å². The Morgan fingerprint density at radius 2 is 2.27 bits per heavy atom. The van der Waals surface area contributed by atoms with Gasteiger partial charge in [0.05, 0.1) is 6.04 Å². The zero-order valence-corrected chi connectivity index (χ0v) is 9.49. The molecular weight excluding hydrogens is 190 g/mol. The minimum absolute atomic E-state index is 0.0893. The van der Waals surface area contributed by atoms with E-state index >= 15 is 0 Å². The number of hydrogen-bond donors (Lipinski definition) is 1. The van der Waals surface area contributed by atoms with Gasteiger partial charge in [-0.25, -0.2) is 0 Å². The molecule has 0 aliphatic heterocycles. The molecule has 15 heavy (non-hydrogen) atoms. The van der Waals surface area contributed by atoms with Crippen LogP contribution in [0.2, 0.25) is 0 Å². The van der Waals surface area contributed by atoms with Crippen LogP contribution in [0.5, 0.6) is 0 Å². The van der Waals surface area contributed by atoms with Gasteiger partial charge in [0.2, 0.25) is 5.89 Å². The summed E-state index contributed by atoms with van der Waals surface area (Å²) >= 11 is 0. The highest BCUT2D eigenvalue weighted by Gasteiger charge is 2.43. The fourth-order valence-electron chi connectivity index (χ4n) is 1.59. The Hall–Kier alpha value is -0.900. The molecule has 1 aliphatic carbocycles. The Bertz CT molecular complexity index is 330. The van der Waals surface area contributed by atoms with Crippen LogP contribution in [0, 0.1) is 0 Å². The summed E-state index contributed by atoms with van der Waals surface area (Å²) in [6.07, 6.45) is 5.50. The van der Waals surface area contributed by atoms with Gasteiger partial charge in [0, 0.05) is 5.41 Å². The topological polar surface area (TPSA) is 64.9 Å². The molecule has 1 saturated carbocycles. The molecule has 1 fully saturated rings. The normalized spacial score (nSPS) is 20.2. The second kappa shape index (κ2) is 3.93. The van der Waals surface area contributed by atoms with Gasteiger partial charge < -0.3 is 10.3 Å². The molecule has 84 valence electrons. The fourth-order valence-corrected chi connectivity index (χ4v) is 1.59. The Morgan fingerprint density at radius 1 is 1.53 bits per heavy atom. The molecule has 0 unspecified atom stereocenters. The number of nitrogens with zero attached hydrogens (tertiary/aromatic N) is 2. The van der Waals surface area contributed by atoms with Crippen LogP contribution in [0.1, 0.15) is 63.7 Å². The predicted molar refractivity (Wildman–Crippen MR) is 57.3 cm³/mol. The molecule has 0 amide bonds. The van der Waals surface area contributed by atoms with Crippen molar-refractivity contribution in [2.75, 3.05) is 0 Å². The Labute approximate surface area is 90.2 Å². The summed E-state index contributed by atoms with van der Waals surface area (Å²) in [4.78, 5) is 4.39. The van der Waals surface area contributed by atoms with Gasteiger partial charge in [-0.15, -0.1) is 0 Å². The van der Waals surface area contributed by atoms with E-state index in [4.69, 9.17) is 10.3 Å². The minimum Gasteiger partial charge on any atom is -0.338 e. The SMILES string of the molecule is CCCC[C@H](N)c1nc(C2(C)CC2)no1. The second-order valence-corrected chi connectivity index (χ2v) is 4.77. The maximum atomic E-state index is 5.96. The van der Waals surface area contributed by atoms with Gasteiger partial charge in [-0.2, -0.15) is 4.98 Å². The zero-order chi connectivity index (χ0) is 10.9. The molecule has 0 spiro atoms. The van der Waals surface area contributed by atoms with E-state index in [1.807, 2.05) is 0 Å². The molecule has 1 aliphatic rings. The third-order valence-electron chi connectivity index (χ3n) is 3.17. The van der Waals surface area contributed by atoms with Crippen LogP contribution in [0.25, 0.3) is 0 Å². The summed E-state index contributed by atoms with van der Waals surface area (Å²) < 4.78 is 5.20. The van der Waals surface area contributed by atoms with Crippen LogP contribution in [0.3, 0.4) is 0 Å². The molecule has 1 heterocycles. The van der Waals surface area contributed by atoms with E-state index in [1.54, 1.807) is 0 Å². The van der Waals surface area contributed by atoms with Crippen LogP contribution in [0.4, 0.5) is 0 Å². The first-order chi connectivity index (χ1) is 7.15. The number of hydrogen-bond acceptors (Lipinski definition) is 4. The largest absolute Gasteiger partial charge is 0.338 e. The highest BCUT2D eigenvalue weighted by molar-refractivity contribution is 5.14. The molecule has 0 bridgehead atoms. The predicted octanol–water partition coefficient (Wildman–Crippen LogP) is 2.31. The van der Waals surface area contributed by atoms with Crippen molar-refractivity contribution < 1.29 is 4.52 Å². The van der Waals surface area contributed by atoms with Crippen LogP contribution in [-0.4, -0.2) is 10.1 Å². The standard InChI is InChI=1S/C11H19N3O/c1-3-4-5-8(12)9-13-10(14-15-9)11(2)6-7-11/h8H,3-7,12H2,1-2H3/t8-/m0/s1.